The summed E-state index contributed by atoms with van der Waals surface area (Å²) < 4.78 is 0. The zero-order chi connectivity index (χ0) is 17.2. The largest absolute Gasteiger partial charge is 0.505 e. The van der Waals surface area contributed by atoms with Gasteiger partial charge in [-0.3, -0.25) is 14.9 Å². The predicted octanol–water partition coefficient (Wildman–Crippen LogP) is 2.67. The Morgan fingerprint density at radius 1 is 0.920 bits per heavy atom. The van der Waals surface area contributed by atoms with E-state index >= 15 is 0 Å². The van der Waals surface area contributed by atoms with Gasteiger partial charge in [-0.25, -0.2) is 0 Å². The number of benzene rings is 1. The van der Waals surface area contributed by atoms with Gasteiger partial charge in [0.05, 0.1) is 11.7 Å². The first-order valence-electron chi connectivity index (χ1n) is 8.64. The smallest absolute Gasteiger partial charge is 0.146 e. The Balaban J connectivity index is 1.82. The van der Waals surface area contributed by atoms with Gasteiger partial charge in [0, 0.05) is 49.5 Å². The summed E-state index contributed by atoms with van der Waals surface area (Å²) in [6, 6.07) is 13.8. The minimum Gasteiger partial charge on any atom is -0.505 e. The predicted molar refractivity (Wildman–Crippen MR) is 98.6 cm³/mol. The number of fused-ring (bicyclic) bond motifs is 1. The van der Waals surface area contributed by atoms with Crippen LogP contribution in [0.2, 0.25) is 0 Å². The number of likely N-dealkylation sites (N-methyl/N-ethyl adjacent to an activating group) is 1. The molecule has 1 fully saturated rings. The molecule has 25 heavy (non-hydrogen) atoms. The third kappa shape index (κ3) is 3.08. The lowest BCUT2D eigenvalue weighted by Gasteiger charge is -2.38. The van der Waals surface area contributed by atoms with E-state index in [9.17, 15) is 5.11 Å². The van der Waals surface area contributed by atoms with E-state index in [0.29, 0.717) is 5.52 Å². The maximum atomic E-state index is 10.9. The Morgan fingerprint density at radius 3 is 2.48 bits per heavy atom. The minimum atomic E-state index is -0.0682. The van der Waals surface area contributed by atoms with Crippen LogP contribution in [0.3, 0.4) is 0 Å². The molecule has 128 valence electrons. The van der Waals surface area contributed by atoms with Crippen LogP contribution in [0.15, 0.2) is 54.9 Å². The Morgan fingerprint density at radius 2 is 1.72 bits per heavy atom. The van der Waals surface area contributed by atoms with Crippen LogP contribution in [-0.2, 0) is 0 Å². The van der Waals surface area contributed by atoms with Crippen LogP contribution >= 0.6 is 0 Å². The fourth-order valence-electron chi connectivity index (χ4n) is 3.53. The number of aromatic nitrogens is 2. The summed E-state index contributed by atoms with van der Waals surface area (Å²) >= 11 is 0. The molecule has 5 heteroatoms. The Kier molecular flexibility index (Phi) is 4.34. The SMILES string of the molecule is CN1CCN([C@H](c2ccccn2)c2ccc3cccnc3c2O)CC1. The molecule has 0 bridgehead atoms. The number of pyridine rings is 2. The van der Waals surface area contributed by atoms with E-state index in [0.717, 1.165) is 42.8 Å². The summed E-state index contributed by atoms with van der Waals surface area (Å²) in [4.78, 5) is 13.7. The van der Waals surface area contributed by atoms with Crippen LogP contribution in [-0.4, -0.2) is 58.1 Å². The number of phenolic OH excluding ortho intramolecular Hbond substituents is 1. The normalized spacial score (nSPS) is 17.6. The van der Waals surface area contributed by atoms with Crippen LogP contribution < -0.4 is 0 Å². The van der Waals surface area contributed by atoms with Gasteiger partial charge in [-0.05, 0) is 25.2 Å². The molecule has 1 saturated heterocycles. The first-order valence-corrected chi connectivity index (χ1v) is 8.64. The number of rotatable bonds is 3. The van der Waals surface area contributed by atoms with Gasteiger partial charge in [-0.2, -0.15) is 0 Å². The van der Waals surface area contributed by atoms with Gasteiger partial charge in [0.25, 0.3) is 0 Å². The molecule has 2 aromatic heterocycles. The first kappa shape index (κ1) is 16.0. The number of hydrogen-bond acceptors (Lipinski definition) is 5. The summed E-state index contributed by atoms with van der Waals surface area (Å²) in [6.45, 7) is 3.90. The second-order valence-electron chi connectivity index (χ2n) is 6.57. The van der Waals surface area contributed by atoms with Gasteiger partial charge >= 0.3 is 0 Å². The lowest BCUT2D eigenvalue weighted by molar-refractivity contribution is 0.124. The van der Waals surface area contributed by atoms with E-state index in [1.165, 1.54) is 0 Å². The molecule has 1 aliphatic heterocycles. The molecule has 0 saturated carbocycles. The average molecular weight is 334 g/mol. The molecule has 5 nitrogen and oxygen atoms in total. The summed E-state index contributed by atoms with van der Waals surface area (Å²) in [7, 11) is 2.14. The van der Waals surface area contributed by atoms with Crippen LogP contribution in [0.5, 0.6) is 5.75 Å². The molecule has 1 atom stereocenters. The molecule has 3 aromatic rings. The third-order valence-corrected chi connectivity index (χ3v) is 4.94. The van der Waals surface area contributed by atoms with Crippen molar-refractivity contribution in [2.24, 2.45) is 0 Å². The molecule has 0 radical (unpaired) electrons. The van der Waals surface area contributed by atoms with Crippen molar-refractivity contribution in [3.63, 3.8) is 0 Å². The van der Waals surface area contributed by atoms with Crippen molar-refractivity contribution in [3.8, 4) is 5.75 Å². The second-order valence-corrected chi connectivity index (χ2v) is 6.57. The van der Waals surface area contributed by atoms with Crippen LogP contribution in [0.4, 0.5) is 0 Å². The Bertz CT molecular complexity index is 860. The van der Waals surface area contributed by atoms with Crippen molar-refractivity contribution in [1.29, 1.82) is 0 Å². The van der Waals surface area contributed by atoms with Gasteiger partial charge in [-0.1, -0.05) is 24.3 Å². The fourth-order valence-corrected chi connectivity index (χ4v) is 3.53. The summed E-state index contributed by atoms with van der Waals surface area (Å²) in [5, 5.41) is 11.9. The number of aromatic hydroxyl groups is 1. The molecule has 0 aliphatic carbocycles. The maximum Gasteiger partial charge on any atom is 0.146 e. The molecule has 1 N–H and O–H groups in total. The zero-order valence-corrected chi connectivity index (χ0v) is 14.3. The van der Waals surface area contributed by atoms with Gasteiger partial charge in [0.15, 0.2) is 0 Å². The van der Waals surface area contributed by atoms with Crippen molar-refractivity contribution in [2.45, 2.75) is 6.04 Å². The van der Waals surface area contributed by atoms with Crippen molar-refractivity contribution in [2.75, 3.05) is 33.2 Å². The number of piperazine rings is 1. The second kappa shape index (κ2) is 6.78. The van der Waals surface area contributed by atoms with Crippen molar-refractivity contribution in [1.82, 2.24) is 19.8 Å². The van der Waals surface area contributed by atoms with Gasteiger partial charge in [0.1, 0.15) is 11.3 Å². The average Bonchev–Trinajstić information content (AvgIpc) is 2.66. The number of nitrogens with zero attached hydrogens (tertiary/aromatic N) is 4. The molecule has 3 heterocycles. The van der Waals surface area contributed by atoms with Gasteiger partial charge in [-0.15, -0.1) is 0 Å². The quantitative estimate of drug-likeness (QED) is 0.798. The fraction of sp³-hybridized carbons (Fsp3) is 0.300. The van der Waals surface area contributed by atoms with Gasteiger partial charge in [0.2, 0.25) is 0 Å². The third-order valence-electron chi connectivity index (χ3n) is 4.94. The topological polar surface area (TPSA) is 52.5 Å². The molecule has 0 spiro atoms. The number of hydrogen-bond donors (Lipinski definition) is 1. The van der Waals surface area contributed by atoms with Crippen LogP contribution in [0.25, 0.3) is 10.9 Å². The highest BCUT2D eigenvalue weighted by Gasteiger charge is 2.29. The highest BCUT2D eigenvalue weighted by Crippen LogP contribution is 2.37. The van der Waals surface area contributed by atoms with Crippen LogP contribution in [0.1, 0.15) is 17.3 Å². The molecule has 0 unspecified atom stereocenters. The first-order chi connectivity index (χ1) is 12.2. The lowest BCUT2D eigenvalue weighted by Crippen LogP contribution is -2.46. The van der Waals surface area contributed by atoms with E-state index in [1.807, 2.05) is 48.7 Å². The van der Waals surface area contributed by atoms with E-state index in [-0.39, 0.29) is 11.8 Å². The molecule has 0 amide bonds. The summed E-state index contributed by atoms with van der Waals surface area (Å²) in [5.74, 6) is 0.257. The molecule has 4 rings (SSSR count). The zero-order valence-electron chi connectivity index (χ0n) is 14.3. The lowest BCUT2D eigenvalue weighted by atomic mass is 9.97. The Labute approximate surface area is 147 Å². The summed E-state index contributed by atoms with van der Waals surface area (Å²) in [5.41, 5.74) is 2.47. The maximum absolute atomic E-state index is 10.9. The van der Waals surface area contributed by atoms with Crippen molar-refractivity contribution >= 4 is 10.9 Å². The highest BCUT2D eigenvalue weighted by molar-refractivity contribution is 5.85. The minimum absolute atomic E-state index is 0.0682. The van der Waals surface area contributed by atoms with Crippen LogP contribution in [0, 0.1) is 0 Å². The van der Waals surface area contributed by atoms with Crippen molar-refractivity contribution < 1.29 is 5.11 Å². The molecule has 1 aromatic carbocycles. The molecule has 1 aliphatic rings. The van der Waals surface area contributed by atoms with Gasteiger partial charge < -0.3 is 10.0 Å². The molecular weight excluding hydrogens is 312 g/mol. The molecular formula is C20H22N4O. The van der Waals surface area contributed by atoms with E-state index in [4.69, 9.17) is 0 Å². The van der Waals surface area contributed by atoms with E-state index in [1.54, 1.807) is 6.20 Å². The van der Waals surface area contributed by atoms with E-state index in [2.05, 4.69) is 26.8 Å². The number of phenols is 1. The standard InChI is InChI=1S/C20H22N4O/c1-23-11-13-24(14-12-23)19(17-6-2-3-9-21-17)16-8-7-15-5-4-10-22-18(15)20(16)25/h2-10,19,25H,11-14H2,1H3/t19-/m0/s1. The monoisotopic (exact) mass is 334 g/mol. The Hall–Kier alpha value is -2.50. The highest BCUT2D eigenvalue weighted by atomic mass is 16.3. The summed E-state index contributed by atoms with van der Waals surface area (Å²) in [6.07, 6.45) is 3.53. The van der Waals surface area contributed by atoms with Crippen molar-refractivity contribution in [3.05, 3.63) is 66.1 Å². The van der Waals surface area contributed by atoms with E-state index < -0.39 is 0 Å².